The number of nitrogens with zero attached hydrogens (tertiary/aromatic N) is 1. The molecule has 3 unspecified atom stereocenters. The van der Waals surface area contributed by atoms with Crippen LogP contribution in [0.2, 0.25) is 0 Å². The largest absolute Gasteiger partial charge is 0.396 e. The predicted molar refractivity (Wildman–Crippen MR) is 132 cm³/mol. The van der Waals surface area contributed by atoms with Crippen molar-refractivity contribution >= 4 is 39.3 Å². The van der Waals surface area contributed by atoms with Crippen LogP contribution in [0.1, 0.15) is 18.4 Å². The lowest BCUT2D eigenvalue weighted by Gasteiger charge is -2.34. The summed E-state index contributed by atoms with van der Waals surface area (Å²) in [5.74, 6) is -2.38. The highest BCUT2D eigenvalue weighted by Crippen LogP contribution is 2.60. The van der Waals surface area contributed by atoms with Crippen LogP contribution in [0, 0.1) is 11.8 Å². The first kappa shape index (κ1) is 24.0. The molecule has 5 rings (SSSR count). The third-order valence-corrected chi connectivity index (χ3v) is 8.09. The number of amides is 3. The molecule has 9 heteroatoms. The minimum Gasteiger partial charge on any atom is -0.396 e. The van der Waals surface area contributed by atoms with Gasteiger partial charge in [0.1, 0.15) is 11.6 Å². The summed E-state index contributed by atoms with van der Waals surface area (Å²) in [5, 5.41) is 15.3. The number of carbonyl (C=O) groups is 3. The molecule has 0 aromatic heterocycles. The second-order valence-electron chi connectivity index (χ2n) is 9.33. The smallest absolute Gasteiger partial charge is 0.246 e. The number of para-hydroxylation sites is 1. The standard InChI is InChI=1S/C26H28BrN3O5/c27-18-14-26-20(19(21(18)35-26)23(32)29-17-10-5-2-6-11-17)25(34)30(12-7-13-31)22(26)24(33)28-15-16-8-3-1-4-9-16/h1-6,8-11,18-22,31H,7,12-15H2,(H,28,33)(H,29,32)/t18?,19-,20+,21-,22?,26?/m1/s1. The summed E-state index contributed by atoms with van der Waals surface area (Å²) in [6, 6.07) is 17.7. The Balaban J connectivity index is 1.44. The normalized spacial score (nSPS) is 30.9. The van der Waals surface area contributed by atoms with E-state index in [2.05, 4.69) is 26.6 Å². The zero-order chi connectivity index (χ0) is 24.6. The number of aliphatic hydroxyl groups is 1. The molecule has 3 saturated heterocycles. The van der Waals surface area contributed by atoms with Crippen LogP contribution in [0.5, 0.6) is 0 Å². The summed E-state index contributed by atoms with van der Waals surface area (Å²) >= 11 is 3.66. The van der Waals surface area contributed by atoms with Crippen LogP contribution in [-0.4, -0.2) is 63.5 Å². The van der Waals surface area contributed by atoms with Crippen molar-refractivity contribution in [1.82, 2.24) is 10.2 Å². The Hall–Kier alpha value is -2.75. The van der Waals surface area contributed by atoms with E-state index >= 15 is 0 Å². The van der Waals surface area contributed by atoms with Gasteiger partial charge in [0.05, 0.1) is 17.9 Å². The number of rotatable bonds is 8. The van der Waals surface area contributed by atoms with E-state index in [0.717, 1.165) is 5.56 Å². The van der Waals surface area contributed by atoms with Gasteiger partial charge in [-0.1, -0.05) is 64.5 Å². The van der Waals surface area contributed by atoms with E-state index < -0.39 is 29.6 Å². The molecule has 0 aliphatic carbocycles. The molecule has 2 aromatic carbocycles. The van der Waals surface area contributed by atoms with Crippen molar-refractivity contribution in [3.05, 3.63) is 66.2 Å². The molecule has 1 spiro atoms. The topological polar surface area (TPSA) is 108 Å². The number of hydrogen-bond donors (Lipinski definition) is 3. The maximum Gasteiger partial charge on any atom is 0.246 e. The first-order valence-corrected chi connectivity index (χ1v) is 12.8. The number of alkyl halides is 1. The van der Waals surface area contributed by atoms with Crippen LogP contribution in [0.15, 0.2) is 60.7 Å². The molecule has 3 heterocycles. The minimum atomic E-state index is -1.11. The van der Waals surface area contributed by atoms with Crippen molar-refractivity contribution in [1.29, 1.82) is 0 Å². The third kappa shape index (κ3) is 4.15. The zero-order valence-corrected chi connectivity index (χ0v) is 20.7. The van der Waals surface area contributed by atoms with Gasteiger partial charge in [0, 0.05) is 30.2 Å². The number of halogens is 1. The number of hydrogen-bond acceptors (Lipinski definition) is 5. The van der Waals surface area contributed by atoms with Crippen molar-refractivity contribution < 1.29 is 24.2 Å². The zero-order valence-electron chi connectivity index (χ0n) is 19.1. The van der Waals surface area contributed by atoms with E-state index in [9.17, 15) is 19.5 Å². The molecule has 3 fully saturated rings. The first-order chi connectivity index (χ1) is 17.0. The molecule has 6 atom stereocenters. The molecule has 3 aliphatic heterocycles. The Morgan fingerprint density at radius 2 is 1.77 bits per heavy atom. The van der Waals surface area contributed by atoms with E-state index in [-0.39, 0.29) is 35.7 Å². The summed E-state index contributed by atoms with van der Waals surface area (Å²) in [6.07, 6.45) is 0.262. The molecule has 3 aliphatic rings. The fourth-order valence-electron chi connectivity index (χ4n) is 5.84. The molecule has 35 heavy (non-hydrogen) atoms. The second kappa shape index (κ2) is 9.72. The number of carbonyl (C=O) groups excluding carboxylic acids is 3. The molecule has 0 saturated carbocycles. The van der Waals surface area contributed by atoms with Gasteiger partial charge >= 0.3 is 0 Å². The number of nitrogens with one attached hydrogen (secondary N) is 2. The van der Waals surface area contributed by atoms with Crippen LogP contribution in [0.4, 0.5) is 5.69 Å². The Kier molecular flexibility index (Phi) is 6.65. The van der Waals surface area contributed by atoms with Gasteiger partial charge in [-0.2, -0.15) is 0 Å². The minimum absolute atomic E-state index is 0.109. The average Bonchev–Trinajstić information content (AvgIpc) is 3.46. The maximum atomic E-state index is 13.7. The van der Waals surface area contributed by atoms with E-state index in [1.54, 1.807) is 12.1 Å². The van der Waals surface area contributed by atoms with Gasteiger partial charge in [-0.05, 0) is 30.5 Å². The van der Waals surface area contributed by atoms with E-state index in [0.29, 0.717) is 25.1 Å². The summed E-state index contributed by atoms with van der Waals surface area (Å²) in [4.78, 5) is 42.1. The fraction of sp³-hybridized carbons (Fsp3) is 0.423. The molecule has 8 nitrogen and oxygen atoms in total. The lowest BCUT2D eigenvalue weighted by Crippen LogP contribution is -2.55. The molecule has 184 valence electrons. The Bertz CT molecular complexity index is 1100. The van der Waals surface area contributed by atoms with Crippen LogP contribution >= 0.6 is 15.9 Å². The van der Waals surface area contributed by atoms with E-state index in [1.165, 1.54) is 4.90 Å². The third-order valence-electron chi connectivity index (χ3n) is 7.25. The molecule has 2 bridgehead atoms. The number of fused-ring (bicyclic) bond motifs is 1. The lowest BCUT2D eigenvalue weighted by molar-refractivity contribution is -0.141. The van der Waals surface area contributed by atoms with Crippen LogP contribution in [0.3, 0.4) is 0 Å². The second-order valence-corrected chi connectivity index (χ2v) is 10.5. The number of aliphatic hydroxyl groups excluding tert-OH is 1. The molecule has 2 aromatic rings. The molecular weight excluding hydrogens is 514 g/mol. The number of benzene rings is 2. The Labute approximate surface area is 212 Å². The molecule has 3 amide bonds. The number of anilines is 1. The van der Waals surface area contributed by atoms with Gasteiger partial charge in [-0.3, -0.25) is 14.4 Å². The summed E-state index contributed by atoms with van der Waals surface area (Å²) < 4.78 is 6.44. The van der Waals surface area contributed by atoms with Crippen LogP contribution in [0.25, 0.3) is 0 Å². The Morgan fingerprint density at radius 1 is 1.09 bits per heavy atom. The number of likely N-dealkylation sites (tertiary alicyclic amines) is 1. The average molecular weight is 542 g/mol. The SMILES string of the molecule is O=C(NCc1ccccc1)C1N(CCCO)C(=O)[C@@H]2[C@@H](C(=O)Nc3ccccc3)[C@@H]3OC12CC3Br. The summed E-state index contributed by atoms with van der Waals surface area (Å²) in [7, 11) is 0. The van der Waals surface area contributed by atoms with Crippen LogP contribution in [-0.2, 0) is 25.7 Å². The monoisotopic (exact) mass is 541 g/mol. The van der Waals surface area contributed by atoms with Gasteiger partial charge in [-0.25, -0.2) is 0 Å². The predicted octanol–water partition coefficient (Wildman–Crippen LogP) is 2.07. The van der Waals surface area contributed by atoms with Crippen LogP contribution < -0.4 is 10.6 Å². The van der Waals surface area contributed by atoms with Gasteiger partial charge in [-0.15, -0.1) is 0 Å². The highest BCUT2D eigenvalue weighted by atomic mass is 79.9. The van der Waals surface area contributed by atoms with Gasteiger partial charge < -0.3 is 25.4 Å². The van der Waals surface area contributed by atoms with Gasteiger partial charge in [0.15, 0.2) is 0 Å². The summed E-state index contributed by atoms with van der Waals surface area (Å²) in [5.41, 5.74) is 0.474. The Morgan fingerprint density at radius 3 is 2.46 bits per heavy atom. The lowest BCUT2D eigenvalue weighted by atomic mass is 9.70. The first-order valence-electron chi connectivity index (χ1n) is 11.9. The van der Waals surface area contributed by atoms with Gasteiger partial charge in [0.2, 0.25) is 17.7 Å². The number of ether oxygens (including phenoxy) is 1. The quantitative estimate of drug-likeness (QED) is 0.443. The van der Waals surface area contributed by atoms with Gasteiger partial charge in [0.25, 0.3) is 0 Å². The molecule has 0 radical (unpaired) electrons. The van der Waals surface area contributed by atoms with E-state index in [1.807, 2.05) is 48.5 Å². The van der Waals surface area contributed by atoms with Crippen molar-refractivity contribution in [3.63, 3.8) is 0 Å². The maximum absolute atomic E-state index is 13.7. The highest BCUT2D eigenvalue weighted by molar-refractivity contribution is 9.09. The fourth-order valence-corrected chi connectivity index (χ4v) is 6.78. The van der Waals surface area contributed by atoms with Crippen molar-refractivity contribution in [3.8, 4) is 0 Å². The van der Waals surface area contributed by atoms with Crippen molar-refractivity contribution in [2.45, 2.75) is 42.0 Å². The molecule has 3 N–H and O–H groups in total. The molecular formula is C26H28BrN3O5. The van der Waals surface area contributed by atoms with Crippen molar-refractivity contribution in [2.24, 2.45) is 11.8 Å². The van der Waals surface area contributed by atoms with Crippen molar-refractivity contribution in [2.75, 3.05) is 18.5 Å². The summed E-state index contributed by atoms with van der Waals surface area (Å²) in [6.45, 7) is 0.422. The van der Waals surface area contributed by atoms with E-state index in [4.69, 9.17) is 4.74 Å². The highest BCUT2D eigenvalue weighted by Gasteiger charge is 2.76.